The van der Waals surface area contributed by atoms with Gasteiger partial charge in [0.05, 0.1) is 6.61 Å². The molecule has 0 bridgehead atoms. The van der Waals surface area contributed by atoms with E-state index in [4.69, 9.17) is 5.11 Å². The van der Waals surface area contributed by atoms with Gasteiger partial charge in [0.15, 0.2) is 5.78 Å². The Hall–Kier alpha value is -1.61. The molecule has 0 unspecified atom stereocenters. The van der Waals surface area contributed by atoms with Gasteiger partial charge in [-0.2, -0.15) is 0 Å². The lowest BCUT2D eigenvalue weighted by Gasteiger charge is -2.17. The molecule has 0 aromatic heterocycles. The van der Waals surface area contributed by atoms with E-state index in [1.807, 2.05) is 36.2 Å². The minimum atomic E-state index is 0.0430. The van der Waals surface area contributed by atoms with Crippen molar-refractivity contribution in [3.8, 4) is 0 Å². The van der Waals surface area contributed by atoms with Crippen LogP contribution in [0.25, 0.3) is 6.08 Å². The quantitative estimate of drug-likeness (QED) is 0.766. The van der Waals surface area contributed by atoms with Gasteiger partial charge in [-0.15, -0.1) is 0 Å². The second-order valence-corrected chi connectivity index (χ2v) is 3.68. The molecule has 0 aliphatic carbocycles. The molecule has 0 heterocycles. The third-order valence-corrected chi connectivity index (χ3v) is 2.28. The van der Waals surface area contributed by atoms with Crippen molar-refractivity contribution in [1.82, 2.24) is 0 Å². The minimum Gasteiger partial charge on any atom is -0.395 e. The third-order valence-electron chi connectivity index (χ3n) is 2.28. The highest BCUT2D eigenvalue weighted by atomic mass is 16.3. The summed E-state index contributed by atoms with van der Waals surface area (Å²) in [4.78, 5) is 12.7. The van der Waals surface area contributed by atoms with Gasteiger partial charge in [0.1, 0.15) is 0 Å². The minimum absolute atomic E-state index is 0.0430. The summed E-state index contributed by atoms with van der Waals surface area (Å²) in [6, 6.07) is 7.83. The Morgan fingerprint density at radius 1 is 1.38 bits per heavy atom. The maximum Gasteiger partial charge on any atom is 0.152 e. The summed E-state index contributed by atoms with van der Waals surface area (Å²) in [5, 5.41) is 8.81. The Kier molecular flexibility index (Phi) is 4.73. The number of likely N-dealkylation sites (N-methyl/N-ethyl adjacent to an activating group) is 1. The van der Waals surface area contributed by atoms with Crippen molar-refractivity contribution in [3.05, 3.63) is 35.9 Å². The fourth-order valence-corrected chi connectivity index (χ4v) is 1.33. The van der Waals surface area contributed by atoms with Gasteiger partial charge in [0.25, 0.3) is 0 Å². The monoisotopic (exact) mass is 219 g/mol. The van der Waals surface area contributed by atoms with Gasteiger partial charge in [0.2, 0.25) is 0 Å². The second-order valence-electron chi connectivity index (χ2n) is 3.68. The number of aliphatic hydroxyl groups is 1. The third kappa shape index (κ3) is 3.87. The molecule has 1 aromatic carbocycles. The first-order chi connectivity index (χ1) is 7.63. The van der Waals surface area contributed by atoms with Crippen LogP contribution in [0.4, 0.5) is 5.69 Å². The highest BCUT2D eigenvalue weighted by molar-refractivity contribution is 5.91. The Labute approximate surface area is 96.0 Å². The number of hydrogen-bond donors (Lipinski definition) is 1. The zero-order valence-electron chi connectivity index (χ0n) is 9.68. The van der Waals surface area contributed by atoms with Crippen LogP contribution in [0.3, 0.4) is 0 Å². The molecular weight excluding hydrogens is 202 g/mol. The Balaban J connectivity index is 2.71. The summed E-state index contributed by atoms with van der Waals surface area (Å²) in [7, 11) is 1.93. The number of aliphatic hydroxyl groups excluding tert-OH is 1. The molecule has 0 aliphatic rings. The molecule has 0 fully saturated rings. The van der Waals surface area contributed by atoms with E-state index in [-0.39, 0.29) is 12.4 Å². The van der Waals surface area contributed by atoms with Crippen molar-refractivity contribution < 1.29 is 9.90 Å². The van der Waals surface area contributed by atoms with Crippen molar-refractivity contribution in [3.63, 3.8) is 0 Å². The average Bonchev–Trinajstić information content (AvgIpc) is 2.27. The number of nitrogens with zero attached hydrogens (tertiary/aromatic N) is 1. The number of rotatable bonds is 5. The van der Waals surface area contributed by atoms with Crippen LogP contribution in [0.5, 0.6) is 0 Å². The van der Waals surface area contributed by atoms with Gasteiger partial charge in [-0.05, 0) is 30.7 Å². The lowest BCUT2D eigenvalue weighted by molar-refractivity contribution is -0.112. The van der Waals surface area contributed by atoms with E-state index < -0.39 is 0 Å². The molecule has 0 amide bonds. The predicted octanol–water partition coefficient (Wildman–Crippen LogP) is 1.72. The van der Waals surface area contributed by atoms with Crippen LogP contribution in [0.15, 0.2) is 30.3 Å². The maximum absolute atomic E-state index is 10.8. The normalized spacial score (nSPS) is 10.7. The van der Waals surface area contributed by atoms with Gasteiger partial charge in [-0.3, -0.25) is 4.79 Å². The van der Waals surface area contributed by atoms with Gasteiger partial charge in [-0.1, -0.05) is 18.2 Å². The van der Waals surface area contributed by atoms with E-state index >= 15 is 0 Å². The summed E-state index contributed by atoms with van der Waals surface area (Å²) in [6.07, 6.45) is 3.34. The van der Waals surface area contributed by atoms with Gasteiger partial charge in [0, 0.05) is 19.3 Å². The molecule has 3 nitrogen and oxygen atoms in total. The van der Waals surface area contributed by atoms with Gasteiger partial charge >= 0.3 is 0 Å². The summed E-state index contributed by atoms with van der Waals surface area (Å²) >= 11 is 0. The number of carbonyl (C=O) groups excluding carboxylic acids is 1. The lowest BCUT2D eigenvalue weighted by atomic mass is 10.1. The second kappa shape index (κ2) is 6.08. The first-order valence-electron chi connectivity index (χ1n) is 5.24. The Morgan fingerprint density at radius 2 is 2.00 bits per heavy atom. The summed E-state index contributed by atoms with van der Waals surface area (Å²) < 4.78 is 0. The van der Waals surface area contributed by atoms with Crippen LogP contribution >= 0.6 is 0 Å². The van der Waals surface area contributed by atoms with Gasteiger partial charge in [-0.25, -0.2) is 0 Å². The average molecular weight is 219 g/mol. The zero-order chi connectivity index (χ0) is 12.0. The standard InChI is InChI=1S/C13H17NO2/c1-11(16)3-4-12-5-7-13(8-6-12)14(2)9-10-15/h3-8,15H,9-10H2,1-2H3/b4-3+. The predicted molar refractivity (Wildman–Crippen MR) is 66.5 cm³/mol. The molecule has 1 aromatic rings. The van der Waals surface area contributed by atoms with Crippen molar-refractivity contribution in [2.24, 2.45) is 0 Å². The number of carbonyl (C=O) groups is 1. The topological polar surface area (TPSA) is 40.5 Å². The molecule has 0 saturated carbocycles. The SMILES string of the molecule is CC(=O)/C=C/c1ccc(N(C)CCO)cc1. The number of ketones is 1. The Morgan fingerprint density at radius 3 is 2.50 bits per heavy atom. The van der Waals surface area contributed by atoms with Crippen molar-refractivity contribution in [2.45, 2.75) is 6.92 Å². The summed E-state index contributed by atoms with van der Waals surface area (Å²) in [5.74, 6) is 0.0430. The first-order valence-corrected chi connectivity index (χ1v) is 5.24. The maximum atomic E-state index is 10.8. The molecule has 0 radical (unpaired) electrons. The van der Waals surface area contributed by atoms with Crippen LogP contribution in [0.1, 0.15) is 12.5 Å². The van der Waals surface area contributed by atoms with E-state index in [1.165, 1.54) is 6.92 Å². The largest absolute Gasteiger partial charge is 0.395 e. The van der Waals surface area contributed by atoms with E-state index in [2.05, 4.69) is 0 Å². The molecule has 0 atom stereocenters. The highest BCUT2D eigenvalue weighted by Crippen LogP contribution is 2.14. The van der Waals surface area contributed by atoms with Crippen LogP contribution in [-0.2, 0) is 4.79 Å². The number of allylic oxidation sites excluding steroid dienone is 1. The van der Waals surface area contributed by atoms with Crippen LogP contribution in [-0.4, -0.2) is 31.1 Å². The molecule has 16 heavy (non-hydrogen) atoms. The zero-order valence-corrected chi connectivity index (χ0v) is 9.68. The van der Waals surface area contributed by atoms with Crippen molar-refractivity contribution >= 4 is 17.5 Å². The molecule has 1 rings (SSSR count). The van der Waals surface area contributed by atoms with Gasteiger partial charge < -0.3 is 10.0 Å². The number of benzene rings is 1. The van der Waals surface area contributed by atoms with Crippen molar-refractivity contribution in [1.29, 1.82) is 0 Å². The smallest absolute Gasteiger partial charge is 0.152 e. The lowest BCUT2D eigenvalue weighted by Crippen LogP contribution is -2.20. The van der Waals surface area contributed by atoms with E-state index in [0.29, 0.717) is 6.54 Å². The van der Waals surface area contributed by atoms with Crippen LogP contribution in [0, 0.1) is 0 Å². The molecule has 0 saturated heterocycles. The van der Waals surface area contributed by atoms with Crippen LogP contribution < -0.4 is 4.90 Å². The molecule has 3 heteroatoms. The van der Waals surface area contributed by atoms with Crippen molar-refractivity contribution in [2.75, 3.05) is 25.1 Å². The van der Waals surface area contributed by atoms with Crippen LogP contribution in [0.2, 0.25) is 0 Å². The van der Waals surface area contributed by atoms with E-state index in [1.54, 1.807) is 12.2 Å². The molecule has 1 N–H and O–H groups in total. The summed E-state index contributed by atoms with van der Waals surface area (Å²) in [6.45, 7) is 2.28. The fourth-order valence-electron chi connectivity index (χ4n) is 1.33. The molecular formula is C13H17NO2. The van der Waals surface area contributed by atoms with E-state index in [9.17, 15) is 4.79 Å². The number of anilines is 1. The Bertz CT molecular complexity index is 368. The highest BCUT2D eigenvalue weighted by Gasteiger charge is 1.98. The molecule has 86 valence electrons. The number of hydrogen-bond acceptors (Lipinski definition) is 3. The summed E-state index contributed by atoms with van der Waals surface area (Å²) in [5.41, 5.74) is 2.05. The molecule has 0 spiro atoms. The first kappa shape index (κ1) is 12.5. The molecule has 0 aliphatic heterocycles. The van der Waals surface area contributed by atoms with E-state index in [0.717, 1.165) is 11.3 Å². The fraction of sp³-hybridized carbons (Fsp3) is 0.308.